The molecule has 2 nitrogen and oxygen atoms in total. The quantitative estimate of drug-likeness (QED) is 0.824. The van der Waals surface area contributed by atoms with Crippen LogP contribution in [0.2, 0.25) is 0 Å². The predicted molar refractivity (Wildman–Crippen MR) is 69.1 cm³/mol. The lowest BCUT2D eigenvalue weighted by atomic mass is 10.1. The van der Waals surface area contributed by atoms with E-state index in [2.05, 4.69) is 10.1 Å². The number of hydrogen-bond acceptors (Lipinski definition) is 2. The standard InChI is InChI=1S/C14H18F5NO/c1-13(2,3)20-8-9-6-10(15)12(11(16)7-9)21-5-4-14(17,18)19/h6-7,20H,4-5,8H2,1-3H3. The maximum Gasteiger partial charge on any atom is 0.392 e. The van der Waals surface area contributed by atoms with Crippen LogP contribution in [0, 0.1) is 11.6 Å². The molecule has 21 heavy (non-hydrogen) atoms. The normalized spacial score (nSPS) is 12.6. The minimum atomic E-state index is -4.43. The molecule has 0 aromatic heterocycles. The van der Waals surface area contributed by atoms with Crippen LogP contribution >= 0.6 is 0 Å². The summed E-state index contributed by atoms with van der Waals surface area (Å²) in [4.78, 5) is 0. The molecule has 1 rings (SSSR count). The topological polar surface area (TPSA) is 21.3 Å². The van der Waals surface area contributed by atoms with Crippen LogP contribution < -0.4 is 10.1 Å². The van der Waals surface area contributed by atoms with Gasteiger partial charge in [-0.1, -0.05) is 0 Å². The molecule has 1 aromatic rings. The lowest BCUT2D eigenvalue weighted by Gasteiger charge is -2.20. The van der Waals surface area contributed by atoms with Crippen molar-refractivity contribution in [1.82, 2.24) is 5.32 Å². The zero-order chi connectivity index (χ0) is 16.3. The van der Waals surface area contributed by atoms with Gasteiger partial charge in [-0.3, -0.25) is 0 Å². The molecule has 0 aliphatic carbocycles. The Hall–Kier alpha value is -1.37. The molecule has 0 heterocycles. The first kappa shape index (κ1) is 17.7. The first-order chi connectivity index (χ1) is 9.48. The third kappa shape index (κ3) is 6.75. The molecule has 0 unspecified atom stereocenters. The summed E-state index contributed by atoms with van der Waals surface area (Å²) in [5, 5.41) is 3.05. The van der Waals surface area contributed by atoms with Crippen molar-refractivity contribution in [2.24, 2.45) is 0 Å². The van der Waals surface area contributed by atoms with Gasteiger partial charge in [0.15, 0.2) is 17.4 Å². The van der Waals surface area contributed by atoms with Crippen LogP contribution in [0.5, 0.6) is 5.75 Å². The molecule has 0 aliphatic rings. The van der Waals surface area contributed by atoms with E-state index >= 15 is 0 Å². The summed E-state index contributed by atoms with van der Waals surface area (Å²) in [6, 6.07) is 2.09. The van der Waals surface area contributed by atoms with Crippen molar-refractivity contribution in [2.45, 2.75) is 45.5 Å². The van der Waals surface area contributed by atoms with Crippen LogP contribution in [0.25, 0.3) is 0 Å². The van der Waals surface area contributed by atoms with Crippen LogP contribution in [0.3, 0.4) is 0 Å². The summed E-state index contributed by atoms with van der Waals surface area (Å²) in [5.74, 6) is -2.80. The number of alkyl halides is 3. The highest BCUT2D eigenvalue weighted by atomic mass is 19.4. The van der Waals surface area contributed by atoms with Crippen LogP contribution in [0.1, 0.15) is 32.8 Å². The number of halogens is 5. The molecular formula is C14H18F5NO. The molecule has 0 bridgehead atoms. The molecule has 7 heteroatoms. The van der Waals surface area contributed by atoms with Crippen molar-refractivity contribution < 1.29 is 26.7 Å². The average Bonchev–Trinajstić information content (AvgIpc) is 2.28. The van der Waals surface area contributed by atoms with Crippen molar-refractivity contribution in [3.63, 3.8) is 0 Å². The Morgan fingerprint density at radius 2 is 1.57 bits per heavy atom. The lowest BCUT2D eigenvalue weighted by Crippen LogP contribution is -2.35. The molecule has 0 aliphatic heterocycles. The number of benzene rings is 1. The molecule has 0 radical (unpaired) electrons. The molecule has 0 atom stereocenters. The van der Waals surface area contributed by atoms with Crippen LogP contribution in [0.15, 0.2) is 12.1 Å². The van der Waals surface area contributed by atoms with E-state index in [4.69, 9.17) is 0 Å². The number of rotatable bonds is 5. The predicted octanol–water partition coefficient (Wildman–Crippen LogP) is 4.18. The lowest BCUT2D eigenvalue weighted by molar-refractivity contribution is -0.139. The second kappa shape index (κ2) is 6.60. The van der Waals surface area contributed by atoms with E-state index in [0.717, 1.165) is 12.1 Å². The highest BCUT2D eigenvalue weighted by Crippen LogP contribution is 2.25. The second-order valence-corrected chi connectivity index (χ2v) is 5.71. The van der Waals surface area contributed by atoms with E-state index < -0.39 is 36.6 Å². The van der Waals surface area contributed by atoms with Gasteiger partial charge in [-0.25, -0.2) is 8.78 Å². The molecule has 0 saturated carbocycles. The average molecular weight is 311 g/mol. The van der Waals surface area contributed by atoms with Gasteiger partial charge in [-0.05, 0) is 38.5 Å². The summed E-state index contributed by atoms with van der Waals surface area (Å²) in [6.07, 6.45) is -5.69. The van der Waals surface area contributed by atoms with E-state index in [0.29, 0.717) is 5.56 Å². The molecular weight excluding hydrogens is 293 g/mol. The van der Waals surface area contributed by atoms with Crippen LogP contribution in [-0.4, -0.2) is 18.3 Å². The van der Waals surface area contributed by atoms with Crippen molar-refractivity contribution in [3.05, 3.63) is 29.3 Å². The highest BCUT2D eigenvalue weighted by Gasteiger charge is 2.27. The first-order valence-corrected chi connectivity index (χ1v) is 6.40. The summed E-state index contributed by atoms with van der Waals surface area (Å²) < 4.78 is 67.8. The fourth-order valence-electron chi connectivity index (χ4n) is 1.49. The number of ether oxygens (including phenoxy) is 1. The van der Waals surface area contributed by atoms with Crippen molar-refractivity contribution in [1.29, 1.82) is 0 Å². The van der Waals surface area contributed by atoms with Gasteiger partial charge in [0.2, 0.25) is 0 Å². The Balaban J connectivity index is 2.71. The number of nitrogens with one attached hydrogen (secondary N) is 1. The van der Waals surface area contributed by atoms with Gasteiger partial charge < -0.3 is 10.1 Å². The molecule has 0 fully saturated rings. The molecule has 120 valence electrons. The van der Waals surface area contributed by atoms with Gasteiger partial charge in [-0.15, -0.1) is 0 Å². The Kier molecular flexibility index (Phi) is 5.55. The third-order valence-electron chi connectivity index (χ3n) is 2.51. The molecule has 1 aromatic carbocycles. The van der Waals surface area contributed by atoms with E-state index in [-0.39, 0.29) is 12.1 Å². The van der Waals surface area contributed by atoms with Gasteiger partial charge in [0.05, 0.1) is 13.0 Å². The van der Waals surface area contributed by atoms with E-state index in [9.17, 15) is 22.0 Å². The van der Waals surface area contributed by atoms with E-state index in [1.54, 1.807) is 0 Å². The fraction of sp³-hybridized carbons (Fsp3) is 0.571. The van der Waals surface area contributed by atoms with Gasteiger partial charge in [0, 0.05) is 12.1 Å². The van der Waals surface area contributed by atoms with E-state index in [1.807, 2.05) is 20.8 Å². The highest BCUT2D eigenvalue weighted by molar-refractivity contribution is 5.31. The number of hydrogen-bond donors (Lipinski definition) is 1. The zero-order valence-corrected chi connectivity index (χ0v) is 12.1. The molecule has 0 spiro atoms. The van der Waals surface area contributed by atoms with Gasteiger partial charge in [-0.2, -0.15) is 13.2 Å². The maximum atomic E-state index is 13.7. The fourth-order valence-corrected chi connectivity index (χ4v) is 1.49. The van der Waals surface area contributed by atoms with E-state index in [1.165, 1.54) is 0 Å². The largest absolute Gasteiger partial charge is 0.487 e. The summed E-state index contributed by atoms with van der Waals surface area (Å²) in [6.45, 7) is 5.11. The van der Waals surface area contributed by atoms with Crippen molar-refractivity contribution in [3.8, 4) is 5.75 Å². The Labute approximate surface area is 120 Å². The summed E-state index contributed by atoms with van der Waals surface area (Å²) in [5.41, 5.74) is 0.123. The Bertz CT molecular complexity index is 456. The summed E-state index contributed by atoms with van der Waals surface area (Å²) in [7, 11) is 0. The van der Waals surface area contributed by atoms with Gasteiger partial charge in [0.1, 0.15) is 0 Å². The van der Waals surface area contributed by atoms with Crippen LogP contribution in [0.4, 0.5) is 22.0 Å². The van der Waals surface area contributed by atoms with Crippen LogP contribution in [-0.2, 0) is 6.54 Å². The Morgan fingerprint density at radius 1 is 1.05 bits per heavy atom. The van der Waals surface area contributed by atoms with Gasteiger partial charge in [0.25, 0.3) is 0 Å². The summed E-state index contributed by atoms with van der Waals surface area (Å²) >= 11 is 0. The SMILES string of the molecule is CC(C)(C)NCc1cc(F)c(OCCC(F)(F)F)c(F)c1. The minimum absolute atomic E-state index is 0.227. The van der Waals surface area contributed by atoms with Gasteiger partial charge >= 0.3 is 6.18 Å². The maximum absolute atomic E-state index is 13.7. The third-order valence-corrected chi connectivity index (χ3v) is 2.51. The Morgan fingerprint density at radius 3 is 2.00 bits per heavy atom. The molecule has 1 N–H and O–H groups in total. The molecule has 0 amide bonds. The smallest absolute Gasteiger partial charge is 0.392 e. The van der Waals surface area contributed by atoms with Crippen molar-refractivity contribution >= 4 is 0 Å². The van der Waals surface area contributed by atoms with Crippen molar-refractivity contribution in [2.75, 3.05) is 6.61 Å². The monoisotopic (exact) mass is 311 g/mol. The zero-order valence-electron chi connectivity index (χ0n) is 12.1. The molecule has 0 saturated heterocycles. The second-order valence-electron chi connectivity index (χ2n) is 5.71. The first-order valence-electron chi connectivity index (χ1n) is 6.40. The minimum Gasteiger partial charge on any atom is -0.487 e.